The van der Waals surface area contributed by atoms with E-state index in [1.54, 1.807) is 0 Å². The van der Waals surface area contributed by atoms with E-state index >= 15 is 0 Å². The van der Waals surface area contributed by atoms with Crippen molar-refractivity contribution in [3.63, 3.8) is 0 Å². The van der Waals surface area contributed by atoms with E-state index in [0.717, 1.165) is 17.2 Å². The summed E-state index contributed by atoms with van der Waals surface area (Å²) in [6.45, 7) is 25.8. The zero-order valence-corrected chi connectivity index (χ0v) is 20.8. The molecule has 0 bridgehead atoms. The first-order valence-corrected chi connectivity index (χ1v) is 15.1. The van der Waals surface area contributed by atoms with Gasteiger partial charge in [0.15, 0.2) is 12.0 Å². The Morgan fingerprint density at radius 3 is 1.85 bits per heavy atom. The van der Waals surface area contributed by atoms with E-state index in [4.69, 9.17) is 8.84 Å². The fourth-order valence-electron chi connectivity index (χ4n) is 4.19. The predicted octanol–water partition coefficient (Wildman–Crippen LogP) is 6.50. The Balaban J connectivity index is 3.33. The van der Waals surface area contributed by atoms with Gasteiger partial charge in [-0.05, 0) is 27.7 Å². The van der Waals surface area contributed by atoms with Crippen LogP contribution in [-0.4, -0.2) is 22.7 Å². The lowest BCUT2D eigenvalue weighted by atomic mass is 10.2. The van der Waals surface area contributed by atoms with Gasteiger partial charge in [0.05, 0.1) is 12.0 Å². The van der Waals surface area contributed by atoms with Gasteiger partial charge in [0.2, 0.25) is 8.32 Å². The second kappa shape index (κ2) is 8.15. The van der Waals surface area contributed by atoms with Gasteiger partial charge >= 0.3 is 0 Å². The van der Waals surface area contributed by atoms with Gasteiger partial charge in [-0.25, -0.2) is 0 Å². The molecule has 0 atom stereocenters. The topological polar surface area (TPSA) is 39.4 Å². The molecule has 1 aromatic heterocycles. The van der Waals surface area contributed by atoms with Crippen molar-refractivity contribution in [2.24, 2.45) is 0 Å². The van der Waals surface area contributed by atoms with Crippen LogP contribution in [-0.2, 0) is 11.0 Å². The van der Waals surface area contributed by atoms with E-state index in [2.05, 4.69) is 75.4 Å². The van der Waals surface area contributed by atoms with Crippen LogP contribution in [0.1, 0.15) is 78.4 Å². The summed E-state index contributed by atoms with van der Waals surface area (Å²) in [7, 11) is -3.84. The average molecular weight is 397 g/mol. The molecule has 0 spiro atoms. The summed E-state index contributed by atoms with van der Waals surface area (Å²) in [5.41, 5.74) is 2.70. The molecule has 1 rings (SSSR count). The summed E-state index contributed by atoms with van der Waals surface area (Å²) in [4.78, 5) is 11.4. The van der Waals surface area contributed by atoms with E-state index in [9.17, 15) is 4.79 Å². The SMILES string of the molecule is CC(C)[Si](OCc1cc(C=O)oc1[Si](C)(C)C(C)(C)C)(C(C)C)C(C)C. The van der Waals surface area contributed by atoms with Crippen LogP contribution in [0, 0.1) is 0 Å². The van der Waals surface area contributed by atoms with Crippen LogP contribution >= 0.6 is 0 Å². The minimum atomic E-state index is -1.95. The minimum absolute atomic E-state index is 0.141. The molecule has 1 heterocycles. The Morgan fingerprint density at radius 1 is 1.04 bits per heavy atom. The van der Waals surface area contributed by atoms with Crippen LogP contribution in [0.2, 0.25) is 34.8 Å². The second-order valence-electron chi connectivity index (χ2n) is 10.1. The molecule has 0 saturated heterocycles. The van der Waals surface area contributed by atoms with Crippen molar-refractivity contribution in [2.75, 3.05) is 0 Å². The third-order valence-electron chi connectivity index (χ3n) is 6.57. The molecular weight excluding hydrogens is 356 g/mol. The van der Waals surface area contributed by atoms with Gasteiger partial charge in [-0.3, -0.25) is 4.79 Å². The maximum Gasteiger partial charge on any atom is 0.200 e. The summed E-state index contributed by atoms with van der Waals surface area (Å²) in [5, 5.41) is 1.16. The molecule has 0 aliphatic rings. The number of carbonyl (C=O) groups excluding carboxylic acids is 1. The molecule has 1 aromatic rings. The quantitative estimate of drug-likeness (QED) is 0.372. The van der Waals surface area contributed by atoms with Crippen LogP contribution in [0.15, 0.2) is 10.5 Å². The molecule has 0 aromatic carbocycles. The van der Waals surface area contributed by atoms with Crippen molar-refractivity contribution in [1.82, 2.24) is 0 Å². The van der Waals surface area contributed by atoms with E-state index in [-0.39, 0.29) is 5.04 Å². The zero-order chi connectivity index (χ0) is 20.5. The van der Waals surface area contributed by atoms with Gasteiger partial charge in [-0.2, -0.15) is 0 Å². The fourth-order valence-corrected chi connectivity index (χ4v) is 11.6. The van der Waals surface area contributed by atoms with Crippen molar-refractivity contribution < 1.29 is 13.6 Å². The lowest BCUT2D eigenvalue weighted by Crippen LogP contribution is -2.51. The van der Waals surface area contributed by atoms with E-state index in [0.29, 0.717) is 29.0 Å². The third kappa shape index (κ3) is 4.25. The highest BCUT2D eigenvalue weighted by molar-refractivity contribution is 6.91. The molecule has 0 unspecified atom stereocenters. The van der Waals surface area contributed by atoms with Crippen LogP contribution in [0.25, 0.3) is 0 Å². The highest BCUT2D eigenvalue weighted by Crippen LogP contribution is 2.43. The first-order chi connectivity index (χ1) is 11.7. The summed E-state index contributed by atoms with van der Waals surface area (Å²) in [6, 6.07) is 1.91. The normalized spacial score (nSPS) is 13.9. The molecular formula is C21H40O3Si2. The van der Waals surface area contributed by atoms with Crippen molar-refractivity contribution in [3.05, 3.63) is 17.4 Å². The van der Waals surface area contributed by atoms with Gasteiger partial charge < -0.3 is 8.84 Å². The van der Waals surface area contributed by atoms with Crippen molar-refractivity contribution >= 4 is 28.1 Å². The van der Waals surface area contributed by atoms with Crippen molar-refractivity contribution in [1.29, 1.82) is 0 Å². The van der Waals surface area contributed by atoms with Crippen LogP contribution < -0.4 is 5.38 Å². The monoisotopic (exact) mass is 396 g/mol. The number of furan rings is 1. The standard InChI is InChI=1S/C21H40O3Si2/c1-15(2)26(16(3)4,17(5)6)23-14-18-12-19(13-22)24-20(18)25(10,11)21(7,8)9/h12-13,15-17H,14H2,1-11H3. The summed E-state index contributed by atoms with van der Waals surface area (Å²) < 4.78 is 12.8. The Kier molecular flexibility index (Phi) is 7.33. The lowest BCUT2D eigenvalue weighted by Gasteiger charge is -2.42. The third-order valence-corrected chi connectivity index (χ3v) is 17.9. The maximum absolute atomic E-state index is 11.4. The Bertz CT molecular complexity index is 585. The molecule has 150 valence electrons. The Morgan fingerprint density at radius 2 is 1.50 bits per heavy atom. The second-order valence-corrected chi connectivity index (χ2v) is 20.8. The number of carbonyl (C=O) groups is 1. The smallest absolute Gasteiger partial charge is 0.200 e. The summed E-state index contributed by atoms with van der Waals surface area (Å²) >= 11 is 0. The number of aldehydes is 1. The molecule has 0 saturated carbocycles. The number of rotatable bonds is 8. The Hall–Kier alpha value is -0.656. The summed E-state index contributed by atoms with van der Waals surface area (Å²) in [5.74, 6) is 0.425. The predicted molar refractivity (Wildman–Crippen MR) is 117 cm³/mol. The first-order valence-electron chi connectivity index (χ1n) is 9.94. The van der Waals surface area contributed by atoms with Gasteiger partial charge in [-0.15, -0.1) is 0 Å². The number of hydrogen-bond acceptors (Lipinski definition) is 3. The highest BCUT2D eigenvalue weighted by atomic mass is 28.4. The van der Waals surface area contributed by atoms with Crippen LogP contribution in [0.4, 0.5) is 0 Å². The van der Waals surface area contributed by atoms with Gasteiger partial charge in [0, 0.05) is 5.56 Å². The highest BCUT2D eigenvalue weighted by Gasteiger charge is 2.46. The summed E-state index contributed by atoms with van der Waals surface area (Å²) in [6.07, 6.45) is 0.818. The van der Waals surface area contributed by atoms with Gasteiger partial charge in [-0.1, -0.05) is 75.4 Å². The molecule has 0 N–H and O–H groups in total. The van der Waals surface area contributed by atoms with Crippen molar-refractivity contribution in [2.45, 2.75) is 104 Å². The van der Waals surface area contributed by atoms with E-state index < -0.39 is 16.4 Å². The van der Waals surface area contributed by atoms with Crippen molar-refractivity contribution in [3.8, 4) is 0 Å². The Labute approximate surface area is 163 Å². The molecule has 5 heteroatoms. The van der Waals surface area contributed by atoms with E-state index in [1.807, 2.05) is 6.07 Å². The molecule has 0 aliphatic carbocycles. The zero-order valence-electron chi connectivity index (χ0n) is 18.8. The van der Waals surface area contributed by atoms with Crippen LogP contribution in [0.3, 0.4) is 0 Å². The maximum atomic E-state index is 11.4. The van der Waals surface area contributed by atoms with Gasteiger partial charge in [0.1, 0.15) is 8.07 Å². The molecule has 26 heavy (non-hydrogen) atoms. The minimum Gasteiger partial charge on any atom is -0.463 e. The molecule has 0 radical (unpaired) electrons. The lowest BCUT2D eigenvalue weighted by molar-refractivity contribution is 0.110. The first kappa shape index (κ1) is 23.4. The fraction of sp³-hybridized carbons (Fsp3) is 0.762. The molecule has 0 aliphatic heterocycles. The van der Waals surface area contributed by atoms with E-state index in [1.165, 1.54) is 0 Å². The molecule has 0 fully saturated rings. The largest absolute Gasteiger partial charge is 0.463 e. The molecule has 0 amide bonds. The van der Waals surface area contributed by atoms with Crippen LogP contribution in [0.5, 0.6) is 0 Å². The molecule has 3 nitrogen and oxygen atoms in total. The van der Waals surface area contributed by atoms with Gasteiger partial charge in [0.25, 0.3) is 0 Å². The number of hydrogen-bond donors (Lipinski definition) is 0. The average Bonchev–Trinajstić information content (AvgIpc) is 2.89.